The molecule has 0 atom stereocenters. The zero-order valence-corrected chi connectivity index (χ0v) is 14.2. The van der Waals surface area contributed by atoms with E-state index in [0.29, 0.717) is 16.6 Å². The zero-order chi connectivity index (χ0) is 17.9. The van der Waals surface area contributed by atoms with Gasteiger partial charge in [-0.15, -0.1) is 0 Å². The number of aryl methyl sites for hydroxylation is 1. The lowest BCUT2D eigenvalue weighted by molar-refractivity contribution is -0.139. The van der Waals surface area contributed by atoms with E-state index in [9.17, 15) is 9.59 Å². The summed E-state index contributed by atoms with van der Waals surface area (Å²) < 4.78 is 14.8. The Morgan fingerprint density at radius 3 is 2.29 bits per heavy atom. The molecule has 1 N–H and O–H groups in total. The highest BCUT2D eigenvalue weighted by Gasteiger charge is 2.20. The Balaban J connectivity index is 2.60. The fourth-order valence-electron chi connectivity index (χ4n) is 2.25. The first-order valence-corrected chi connectivity index (χ1v) is 7.17. The fourth-order valence-corrected chi connectivity index (χ4v) is 2.25. The third-order valence-electron chi connectivity index (χ3n) is 3.65. The molecule has 8 nitrogen and oxygen atoms in total. The predicted molar refractivity (Wildman–Crippen MR) is 86.5 cm³/mol. The van der Waals surface area contributed by atoms with Gasteiger partial charge in [0.15, 0.2) is 0 Å². The molecule has 0 aliphatic rings. The second-order valence-corrected chi connectivity index (χ2v) is 5.06. The number of nitrogens with zero attached hydrogens (tertiary/aromatic N) is 2. The van der Waals surface area contributed by atoms with Gasteiger partial charge in [-0.1, -0.05) is 0 Å². The summed E-state index contributed by atoms with van der Waals surface area (Å²) in [4.78, 5) is 32.5. The van der Waals surface area contributed by atoms with Gasteiger partial charge in [-0.3, -0.25) is 9.59 Å². The van der Waals surface area contributed by atoms with Gasteiger partial charge in [0, 0.05) is 0 Å². The lowest BCUT2D eigenvalue weighted by Gasteiger charge is -2.14. The van der Waals surface area contributed by atoms with Gasteiger partial charge in [0.05, 0.1) is 32.4 Å². The van der Waals surface area contributed by atoms with Crippen LogP contribution in [0.4, 0.5) is 0 Å². The van der Waals surface area contributed by atoms with Gasteiger partial charge < -0.3 is 19.5 Å². The first-order valence-electron chi connectivity index (χ1n) is 7.17. The van der Waals surface area contributed by atoms with Gasteiger partial charge in [-0.05, 0) is 31.0 Å². The number of rotatable bonds is 5. The number of fused-ring (bicyclic) bond motifs is 1. The van der Waals surface area contributed by atoms with Crippen molar-refractivity contribution in [2.24, 2.45) is 0 Å². The number of carbonyl (C=O) groups is 2. The van der Waals surface area contributed by atoms with Crippen molar-refractivity contribution >= 4 is 22.9 Å². The summed E-state index contributed by atoms with van der Waals surface area (Å²) in [5.74, 6) is -0.569. The molecule has 1 amide bonds. The number of methoxy groups -OCH3 is 3. The molecule has 0 unspecified atom stereocenters. The summed E-state index contributed by atoms with van der Waals surface area (Å²) in [7, 11) is 4.16. The summed E-state index contributed by atoms with van der Waals surface area (Å²) in [6.07, 6.45) is 0. The number of carbonyl (C=O) groups excluding carboxylic acids is 2. The van der Waals surface area contributed by atoms with Crippen LogP contribution in [0, 0.1) is 13.8 Å². The largest absolute Gasteiger partial charge is 0.477 e. The number of hydrogen-bond donors (Lipinski definition) is 1. The van der Waals surface area contributed by atoms with E-state index >= 15 is 0 Å². The van der Waals surface area contributed by atoms with E-state index in [1.807, 2.05) is 13.0 Å². The van der Waals surface area contributed by atoms with Gasteiger partial charge in [0.2, 0.25) is 0 Å². The van der Waals surface area contributed by atoms with E-state index in [1.165, 1.54) is 21.3 Å². The van der Waals surface area contributed by atoms with Gasteiger partial charge in [0.1, 0.15) is 12.1 Å². The first kappa shape index (κ1) is 17.5. The maximum absolute atomic E-state index is 12.5. The van der Waals surface area contributed by atoms with Crippen LogP contribution in [0.15, 0.2) is 6.07 Å². The van der Waals surface area contributed by atoms with Crippen LogP contribution in [0.5, 0.6) is 11.8 Å². The number of nitrogens with one attached hydrogen (secondary N) is 1. The third-order valence-corrected chi connectivity index (χ3v) is 3.65. The number of aromatic nitrogens is 2. The molecule has 0 fully saturated rings. The van der Waals surface area contributed by atoms with Crippen LogP contribution in [-0.4, -0.2) is 49.7 Å². The molecule has 0 radical (unpaired) electrons. The zero-order valence-electron chi connectivity index (χ0n) is 14.2. The van der Waals surface area contributed by atoms with Gasteiger partial charge in [-0.2, -0.15) is 0 Å². The lowest BCUT2D eigenvalue weighted by Crippen LogP contribution is -2.31. The smallest absolute Gasteiger partial charge is 0.325 e. The molecule has 2 aromatic rings. The summed E-state index contributed by atoms with van der Waals surface area (Å²) in [5.41, 5.74) is 2.82. The van der Waals surface area contributed by atoms with Gasteiger partial charge in [-0.25, -0.2) is 9.97 Å². The van der Waals surface area contributed by atoms with Crippen molar-refractivity contribution in [1.82, 2.24) is 15.3 Å². The second kappa shape index (κ2) is 7.12. The van der Waals surface area contributed by atoms with Crippen molar-refractivity contribution in [3.05, 3.63) is 22.8 Å². The molecule has 1 aromatic heterocycles. The number of ether oxygens (including phenoxy) is 3. The molecule has 24 heavy (non-hydrogen) atoms. The molecule has 0 bridgehead atoms. The van der Waals surface area contributed by atoms with Crippen molar-refractivity contribution < 1.29 is 23.8 Å². The molecule has 8 heteroatoms. The van der Waals surface area contributed by atoms with Crippen LogP contribution >= 0.6 is 0 Å². The standard InChI is InChI=1S/C16H19N3O5/c1-8-6-10-13(19-16(24-5)15(18-10)23-4)12(9(8)2)14(21)17-7-11(20)22-3/h6H,7H2,1-5H3,(H,17,21). The predicted octanol–water partition coefficient (Wildman–Crippen LogP) is 1.17. The van der Waals surface area contributed by atoms with Crippen LogP contribution in [0.1, 0.15) is 21.5 Å². The van der Waals surface area contributed by atoms with Crippen LogP contribution in [0.2, 0.25) is 0 Å². The molecule has 128 valence electrons. The van der Waals surface area contributed by atoms with E-state index in [0.717, 1.165) is 11.1 Å². The minimum Gasteiger partial charge on any atom is -0.477 e. The van der Waals surface area contributed by atoms with E-state index in [-0.39, 0.29) is 18.3 Å². The van der Waals surface area contributed by atoms with E-state index in [1.54, 1.807) is 6.92 Å². The Bertz CT molecular complexity index is 804. The van der Waals surface area contributed by atoms with Crippen LogP contribution in [-0.2, 0) is 9.53 Å². The highest BCUT2D eigenvalue weighted by molar-refractivity contribution is 6.07. The Hall–Kier alpha value is -2.90. The minimum atomic E-state index is -0.539. The molecule has 2 rings (SSSR count). The van der Waals surface area contributed by atoms with Crippen molar-refractivity contribution in [2.75, 3.05) is 27.9 Å². The molecule has 0 saturated heterocycles. The number of hydrogen-bond acceptors (Lipinski definition) is 7. The van der Waals surface area contributed by atoms with Crippen molar-refractivity contribution in [3.8, 4) is 11.8 Å². The quantitative estimate of drug-likeness (QED) is 0.820. The van der Waals surface area contributed by atoms with Crippen molar-refractivity contribution in [2.45, 2.75) is 13.8 Å². The average molecular weight is 333 g/mol. The molecule has 0 aliphatic heterocycles. The molecule has 0 spiro atoms. The normalized spacial score (nSPS) is 10.4. The van der Waals surface area contributed by atoms with E-state index < -0.39 is 11.9 Å². The highest BCUT2D eigenvalue weighted by Crippen LogP contribution is 2.29. The number of esters is 1. The van der Waals surface area contributed by atoms with Gasteiger partial charge >= 0.3 is 5.97 Å². The minimum absolute atomic E-state index is 0.176. The second-order valence-electron chi connectivity index (χ2n) is 5.06. The molecule has 1 heterocycles. The Kier molecular flexibility index (Phi) is 5.18. The van der Waals surface area contributed by atoms with Crippen molar-refractivity contribution in [3.63, 3.8) is 0 Å². The van der Waals surface area contributed by atoms with E-state index in [4.69, 9.17) is 9.47 Å². The Labute approximate surface area is 139 Å². The molecule has 0 aliphatic carbocycles. The maximum atomic E-state index is 12.5. The molecule has 0 saturated carbocycles. The van der Waals surface area contributed by atoms with Crippen molar-refractivity contribution in [1.29, 1.82) is 0 Å². The van der Waals surface area contributed by atoms with E-state index in [2.05, 4.69) is 20.0 Å². The fraction of sp³-hybridized carbons (Fsp3) is 0.375. The third kappa shape index (κ3) is 3.22. The maximum Gasteiger partial charge on any atom is 0.325 e. The lowest BCUT2D eigenvalue weighted by atomic mass is 10.0. The number of benzene rings is 1. The summed E-state index contributed by atoms with van der Waals surface area (Å²) in [6.45, 7) is 3.44. The molecular weight excluding hydrogens is 314 g/mol. The topological polar surface area (TPSA) is 99.6 Å². The summed E-state index contributed by atoms with van der Waals surface area (Å²) in [5, 5.41) is 2.52. The van der Waals surface area contributed by atoms with Gasteiger partial charge in [0.25, 0.3) is 17.7 Å². The highest BCUT2D eigenvalue weighted by atomic mass is 16.5. The number of amides is 1. The average Bonchev–Trinajstić information content (AvgIpc) is 2.59. The van der Waals surface area contributed by atoms with Crippen LogP contribution in [0.25, 0.3) is 11.0 Å². The first-order chi connectivity index (χ1) is 11.4. The SMILES string of the molecule is COC(=O)CNC(=O)c1c(C)c(C)cc2nc(OC)c(OC)nc12. The molecule has 1 aromatic carbocycles. The molecular formula is C16H19N3O5. The van der Waals surface area contributed by atoms with Crippen LogP contribution < -0.4 is 14.8 Å². The monoisotopic (exact) mass is 333 g/mol. The summed E-state index contributed by atoms with van der Waals surface area (Å²) in [6, 6.07) is 1.82. The Morgan fingerprint density at radius 1 is 1.08 bits per heavy atom. The Morgan fingerprint density at radius 2 is 1.71 bits per heavy atom. The van der Waals surface area contributed by atoms with Crippen LogP contribution in [0.3, 0.4) is 0 Å². The summed E-state index contributed by atoms with van der Waals surface area (Å²) >= 11 is 0.